The number of aliphatic hydroxyl groups is 2. The van der Waals surface area contributed by atoms with Gasteiger partial charge in [0.15, 0.2) is 0 Å². The number of aryl methyl sites for hydroxylation is 1. The minimum absolute atomic E-state index is 0.115. The van der Waals surface area contributed by atoms with Crippen molar-refractivity contribution in [3.05, 3.63) is 40.2 Å². The lowest BCUT2D eigenvalue weighted by Crippen LogP contribution is -2.31. The third kappa shape index (κ3) is 3.13. The summed E-state index contributed by atoms with van der Waals surface area (Å²) in [5.74, 6) is -0.116. The Hall–Kier alpha value is -2.18. The molecule has 124 valence electrons. The highest BCUT2D eigenvalue weighted by molar-refractivity contribution is 6.05. The number of rotatable bonds is 5. The number of nitrogens with zero attached hydrogens (tertiary/aromatic N) is 2. The zero-order chi connectivity index (χ0) is 17.2. The van der Waals surface area contributed by atoms with Gasteiger partial charge >= 0.3 is 0 Å². The van der Waals surface area contributed by atoms with Crippen molar-refractivity contribution < 1.29 is 15.3 Å². The fraction of sp³-hybridized carbons (Fsp3) is 0.412. The summed E-state index contributed by atoms with van der Waals surface area (Å²) in [5, 5.41) is 29.7. The van der Waals surface area contributed by atoms with E-state index in [-0.39, 0.29) is 36.5 Å². The normalized spacial score (nSPS) is 14.9. The van der Waals surface area contributed by atoms with Gasteiger partial charge in [0.05, 0.1) is 17.7 Å². The zero-order valence-electron chi connectivity index (χ0n) is 13.6. The molecule has 1 aromatic carbocycles. The molecule has 23 heavy (non-hydrogen) atoms. The van der Waals surface area contributed by atoms with Gasteiger partial charge in [-0.2, -0.15) is 0 Å². The molecule has 0 aliphatic carbocycles. The predicted octanol–water partition coefficient (Wildman–Crippen LogP) is 1.19. The molecule has 0 amide bonds. The van der Waals surface area contributed by atoms with Crippen LogP contribution in [0.15, 0.2) is 34.1 Å². The average Bonchev–Trinajstić information content (AvgIpc) is 2.53. The Kier molecular flexibility index (Phi) is 4.87. The van der Waals surface area contributed by atoms with Gasteiger partial charge in [-0.15, -0.1) is 0 Å². The second kappa shape index (κ2) is 6.52. The highest BCUT2D eigenvalue weighted by Crippen LogP contribution is 2.27. The Balaban J connectivity index is 2.71. The van der Waals surface area contributed by atoms with Crippen LogP contribution in [0.5, 0.6) is 5.75 Å². The molecular formula is C17H22N2O4. The van der Waals surface area contributed by atoms with E-state index in [1.165, 1.54) is 4.57 Å². The zero-order valence-corrected chi connectivity index (χ0v) is 13.6. The number of aromatic hydroxyl groups is 1. The van der Waals surface area contributed by atoms with Crippen LogP contribution in [0, 0.1) is 0 Å². The molecule has 6 heteroatoms. The lowest BCUT2D eigenvalue weighted by Gasteiger charge is -2.23. The van der Waals surface area contributed by atoms with E-state index >= 15 is 0 Å². The van der Waals surface area contributed by atoms with Crippen molar-refractivity contribution in [2.75, 3.05) is 13.2 Å². The van der Waals surface area contributed by atoms with Gasteiger partial charge in [0, 0.05) is 24.8 Å². The number of aliphatic hydroxyl groups excluding tert-OH is 2. The second-order valence-electron chi connectivity index (χ2n) is 5.93. The quantitative estimate of drug-likeness (QED) is 0.722. The van der Waals surface area contributed by atoms with E-state index < -0.39 is 5.54 Å². The maximum Gasteiger partial charge on any atom is 0.263 e. The van der Waals surface area contributed by atoms with Crippen LogP contribution in [0.1, 0.15) is 25.8 Å². The molecule has 1 atom stereocenters. The molecule has 1 heterocycles. The minimum atomic E-state index is -0.901. The Morgan fingerprint density at radius 1 is 1.30 bits per heavy atom. The molecule has 0 unspecified atom stereocenters. The molecular weight excluding hydrogens is 296 g/mol. The van der Waals surface area contributed by atoms with Gasteiger partial charge in [-0.1, -0.05) is 12.1 Å². The number of fused-ring (bicyclic) bond motifs is 1. The van der Waals surface area contributed by atoms with Crippen LogP contribution in [0.4, 0.5) is 0 Å². The van der Waals surface area contributed by atoms with Crippen LogP contribution >= 0.6 is 0 Å². The van der Waals surface area contributed by atoms with Gasteiger partial charge in [0.2, 0.25) is 0 Å². The monoisotopic (exact) mass is 318 g/mol. The molecule has 0 bridgehead atoms. The summed E-state index contributed by atoms with van der Waals surface area (Å²) in [6.45, 7) is 2.92. The first kappa shape index (κ1) is 17.2. The van der Waals surface area contributed by atoms with E-state index in [9.17, 15) is 15.0 Å². The molecule has 6 nitrogen and oxygen atoms in total. The topological polar surface area (TPSA) is 95.1 Å². The maximum atomic E-state index is 12.6. The second-order valence-corrected chi connectivity index (χ2v) is 5.93. The van der Waals surface area contributed by atoms with Crippen molar-refractivity contribution >= 4 is 16.6 Å². The number of para-hydroxylation sites is 1. The molecule has 2 rings (SSSR count). The molecule has 0 aliphatic heterocycles. The first-order valence-corrected chi connectivity index (χ1v) is 7.44. The first-order chi connectivity index (χ1) is 10.8. The van der Waals surface area contributed by atoms with Gasteiger partial charge in [-0.05, 0) is 32.4 Å². The molecule has 0 saturated heterocycles. The van der Waals surface area contributed by atoms with E-state index in [2.05, 4.69) is 4.99 Å². The number of aliphatic imine (C=N–C) groups is 1. The maximum absolute atomic E-state index is 12.6. The van der Waals surface area contributed by atoms with Crippen molar-refractivity contribution in [3.63, 3.8) is 0 Å². The fourth-order valence-electron chi connectivity index (χ4n) is 2.68. The molecule has 1 aromatic heterocycles. The summed E-state index contributed by atoms with van der Waals surface area (Å²) in [6, 6.07) is 7.08. The van der Waals surface area contributed by atoms with Crippen molar-refractivity contribution in [1.29, 1.82) is 0 Å². The first-order valence-electron chi connectivity index (χ1n) is 7.44. The van der Waals surface area contributed by atoms with Crippen molar-refractivity contribution in [1.82, 2.24) is 4.57 Å². The van der Waals surface area contributed by atoms with E-state index in [0.717, 1.165) is 0 Å². The van der Waals surface area contributed by atoms with E-state index in [0.29, 0.717) is 16.6 Å². The lowest BCUT2D eigenvalue weighted by molar-refractivity contribution is 0.169. The largest absolute Gasteiger partial charge is 0.506 e. The van der Waals surface area contributed by atoms with E-state index in [1.807, 2.05) is 0 Å². The van der Waals surface area contributed by atoms with Crippen molar-refractivity contribution in [3.8, 4) is 5.75 Å². The summed E-state index contributed by atoms with van der Waals surface area (Å²) in [4.78, 5) is 17.0. The summed E-state index contributed by atoms with van der Waals surface area (Å²) in [6.07, 6.45) is 0.259. The molecule has 0 saturated carbocycles. The average molecular weight is 318 g/mol. The SMILES string of the molecule is CC(=N[C@@](C)(CO)CCO)c1c(O)c2ccccc2n(C)c1=O. The molecule has 0 spiro atoms. The number of benzene rings is 1. The van der Waals surface area contributed by atoms with Gasteiger partial charge in [-0.25, -0.2) is 0 Å². The summed E-state index contributed by atoms with van der Waals surface area (Å²) >= 11 is 0. The van der Waals surface area contributed by atoms with Crippen LogP contribution < -0.4 is 5.56 Å². The van der Waals surface area contributed by atoms with Crippen molar-refractivity contribution in [2.24, 2.45) is 12.0 Å². The molecule has 3 N–H and O–H groups in total. The van der Waals surface area contributed by atoms with E-state index in [4.69, 9.17) is 5.11 Å². The van der Waals surface area contributed by atoms with Gasteiger partial charge in [0.25, 0.3) is 5.56 Å². The van der Waals surface area contributed by atoms with Crippen LogP contribution in [0.2, 0.25) is 0 Å². The Morgan fingerprint density at radius 3 is 2.57 bits per heavy atom. The summed E-state index contributed by atoms with van der Waals surface area (Å²) in [5.41, 5.74) is -0.177. The minimum Gasteiger partial charge on any atom is -0.506 e. The number of hydrogen-bond acceptors (Lipinski definition) is 5. The van der Waals surface area contributed by atoms with E-state index in [1.54, 1.807) is 45.2 Å². The standard InChI is InChI=1S/C17H22N2O4/c1-11(18-17(2,10-21)8-9-20)14-15(22)12-6-4-5-7-13(12)19(3)16(14)23/h4-7,20-22H,8-10H2,1-3H3/t17-/m1/s1. The van der Waals surface area contributed by atoms with Crippen LogP contribution in [-0.4, -0.2) is 44.4 Å². The molecule has 0 aliphatic rings. The lowest BCUT2D eigenvalue weighted by atomic mass is 9.99. The fourth-order valence-corrected chi connectivity index (χ4v) is 2.68. The Labute approximate surface area is 134 Å². The number of aromatic nitrogens is 1. The number of pyridine rings is 1. The third-order valence-electron chi connectivity index (χ3n) is 4.07. The van der Waals surface area contributed by atoms with Crippen LogP contribution in [0.3, 0.4) is 0 Å². The Bertz CT molecular complexity index is 810. The van der Waals surface area contributed by atoms with Crippen molar-refractivity contribution in [2.45, 2.75) is 25.8 Å². The molecule has 0 radical (unpaired) electrons. The van der Waals surface area contributed by atoms with Gasteiger partial charge in [-0.3, -0.25) is 9.79 Å². The smallest absolute Gasteiger partial charge is 0.263 e. The van der Waals surface area contributed by atoms with Gasteiger partial charge < -0.3 is 19.9 Å². The van der Waals surface area contributed by atoms with Crippen LogP contribution in [0.25, 0.3) is 10.9 Å². The summed E-state index contributed by atoms with van der Waals surface area (Å²) < 4.78 is 1.46. The Morgan fingerprint density at radius 2 is 1.96 bits per heavy atom. The third-order valence-corrected chi connectivity index (χ3v) is 4.07. The van der Waals surface area contributed by atoms with Crippen LogP contribution in [-0.2, 0) is 7.05 Å². The highest BCUT2D eigenvalue weighted by Gasteiger charge is 2.24. The summed E-state index contributed by atoms with van der Waals surface area (Å²) in [7, 11) is 1.64. The molecule has 2 aromatic rings. The van der Waals surface area contributed by atoms with Gasteiger partial charge in [0.1, 0.15) is 11.3 Å². The number of hydrogen-bond donors (Lipinski definition) is 3. The predicted molar refractivity (Wildman–Crippen MR) is 90.3 cm³/mol. The highest BCUT2D eigenvalue weighted by atomic mass is 16.3. The molecule has 0 fully saturated rings.